The molecule has 0 bridgehead atoms. The van der Waals surface area contributed by atoms with Crippen LogP contribution >= 0.6 is 0 Å². The number of terminal acetylenes is 1. The van der Waals surface area contributed by atoms with Gasteiger partial charge in [0.25, 0.3) is 0 Å². The van der Waals surface area contributed by atoms with Gasteiger partial charge in [-0.2, -0.15) is 0 Å². The van der Waals surface area contributed by atoms with Crippen LogP contribution in [0.1, 0.15) is 53.4 Å². The zero-order valence-electron chi connectivity index (χ0n) is 13.1. The van der Waals surface area contributed by atoms with Gasteiger partial charge in [-0.3, -0.25) is 9.59 Å². The summed E-state index contributed by atoms with van der Waals surface area (Å²) >= 11 is 0. The zero-order chi connectivity index (χ0) is 17.3. The van der Waals surface area contributed by atoms with Crippen molar-refractivity contribution in [1.29, 1.82) is 0 Å². The van der Waals surface area contributed by atoms with E-state index in [0.29, 0.717) is 12.8 Å². The predicted octanol–water partition coefficient (Wildman–Crippen LogP) is 0.974. The molecule has 0 aliphatic heterocycles. The molecule has 122 valence electrons. The van der Waals surface area contributed by atoms with Crippen molar-refractivity contribution in [3.63, 3.8) is 0 Å². The van der Waals surface area contributed by atoms with Gasteiger partial charge in [-0.25, -0.2) is 0 Å². The number of carbonyl (C=O) groups excluding carboxylic acids is 2. The van der Waals surface area contributed by atoms with Crippen molar-refractivity contribution in [3.05, 3.63) is 0 Å². The first-order chi connectivity index (χ1) is 9.38. The fourth-order valence-electron chi connectivity index (χ4n) is 1.56. The Hall–Kier alpha value is -1.42. The number of esters is 1. The molecule has 1 rings (SSSR count). The fourth-order valence-corrected chi connectivity index (χ4v) is 1.56. The maximum Gasteiger partial charge on any atom is 0.311 e. The molecule has 0 radical (unpaired) electrons. The third-order valence-electron chi connectivity index (χ3n) is 2.17. The summed E-state index contributed by atoms with van der Waals surface area (Å²) in [5, 5.41) is 25.4. The second-order valence-electron chi connectivity index (χ2n) is 5.69. The van der Waals surface area contributed by atoms with Crippen LogP contribution in [0.2, 0.25) is 0 Å². The predicted molar refractivity (Wildman–Crippen MR) is 77.8 cm³/mol. The van der Waals surface area contributed by atoms with E-state index in [2.05, 4.69) is 12.8 Å². The number of aliphatic hydroxyl groups is 3. The summed E-state index contributed by atoms with van der Waals surface area (Å²) in [5.74, 6) is -3.67. The highest BCUT2D eigenvalue weighted by molar-refractivity contribution is 5.85. The lowest BCUT2D eigenvalue weighted by Gasteiger charge is -2.24. The quantitative estimate of drug-likeness (QED) is 0.399. The Morgan fingerprint density at radius 1 is 1.19 bits per heavy atom. The van der Waals surface area contributed by atoms with Crippen LogP contribution in [-0.2, 0) is 14.3 Å². The monoisotopic (exact) mass is 302 g/mol. The van der Waals surface area contributed by atoms with Crippen LogP contribution in [0.3, 0.4) is 0 Å². The molecular weight excluding hydrogens is 276 g/mol. The summed E-state index contributed by atoms with van der Waals surface area (Å²) in [6, 6.07) is 0. The van der Waals surface area contributed by atoms with E-state index < -0.39 is 17.5 Å². The van der Waals surface area contributed by atoms with Gasteiger partial charge in [0.15, 0.2) is 5.79 Å². The summed E-state index contributed by atoms with van der Waals surface area (Å²) in [6.07, 6.45) is 10.2. The molecule has 6 heteroatoms. The molecule has 0 amide bonds. The largest absolute Gasteiger partial charge is 0.434 e. The zero-order valence-corrected chi connectivity index (χ0v) is 13.1. The van der Waals surface area contributed by atoms with E-state index in [1.807, 2.05) is 0 Å². The van der Waals surface area contributed by atoms with Gasteiger partial charge in [-0.05, 0) is 26.7 Å². The van der Waals surface area contributed by atoms with Crippen molar-refractivity contribution in [2.24, 2.45) is 5.92 Å². The van der Waals surface area contributed by atoms with Gasteiger partial charge in [0, 0.05) is 26.7 Å². The van der Waals surface area contributed by atoms with E-state index in [1.54, 1.807) is 0 Å². The van der Waals surface area contributed by atoms with Crippen molar-refractivity contribution in [2.45, 2.75) is 65.0 Å². The number of carbonyl (C=O) groups is 2. The lowest BCUT2D eigenvalue weighted by Crippen LogP contribution is -2.33. The Balaban J connectivity index is 0. The molecule has 0 aromatic heterocycles. The van der Waals surface area contributed by atoms with Crippen LogP contribution in [-0.4, -0.2) is 38.6 Å². The van der Waals surface area contributed by atoms with Crippen molar-refractivity contribution in [2.75, 3.05) is 0 Å². The van der Waals surface area contributed by atoms with E-state index >= 15 is 0 Å². The summed E-state index contributed by atoms with van der Waals surface area (Å²) in [4.78, 5) is 22.5. The van der Waals surface area contributed by atoms with E-state index in [0.717, 1.165) is 6.42 Å². The van der Waals surface area contributed by atoms with Crippen LogP contribution in [0.4, 0.5) is 0 Å². The number of hydrogen-bond donors (Lipinski definition) is 3. The minimum atomic E-state index is -1.50. The van der Waals surface area contributed by atoms with Gasteiger partial charge >= 0.3 is 5.97 Å². The van der Waals surface area contributed by atoms with Crippen molar-refractivity contribution >= 4 is 11.8 Å². The topological polar surface area (TPSA) is 104 Å². The first-order valence-electron chi connectivity index (χ1n) is 6.63. The number of ketones is 1. The molecule has 1 saturated carbocycles. The molecule has 0 heterocycles. The highest BCUT2D eigenvalue weighted by atomic mass is 16.7. The van der Waals surface area contributed by atoms with Gasteiger partial charge in [-0.15, -0.1) is 12.8 Å². The molecule has 0 saturated heterocycles. The normalized spacial score (nSPS) is 18.5. The van der Waals surface area contributed by atoms with Crippen LogP contribution in [0.15, 0.2) is 0 Å². The Morgan fingerprint density at radius 2 is 1.62 bits per heavy atom. The summed E-state index contributed by atoms with van der Waals surface area (Å²) < 4.78 is 4.79. The molecule has 6 nitrogen and oxygen atoms in total. The van der Waals surface area contributed by atoms with E-state index in [9.17, 15) is 14.7 Å². The number of Topliss-reactive ketones (excluding diaryl/α,β-unsaturated/α-hetero) is 1. The highest BCUT2D eigenvalue weighted by Crippen LogP contribution is 2.23. The Bertz CT molecular complexity index is 339. The van der Waals surface area contributed by atoms with E-state index in [1.165, 1.54) is 27.7 Å². The number of ether oxygens (including phenoxy) is 1. The SMILES string of the molecule is C#C.CC(C)(O)O.CC(C)(O)OC(=O)C1CCCC(=O)C1. The van der Waals surface area contributed by atoms with Gasteiger partial charge in [0.1, 0.15) is 5.78 Å². The van der Waals surface area contributed by atoms with Gasteiger partial charge in [-0.1, -0.05) is 0 Å². The van der Waals surface area contributed by atoms with E-state index in [-0.39, 0.29) is 18.1 Å². The molecule has 1 unspecified atom stereocenters. The van der Waals surface area contributed by atoms with Crippen molar-refractivity contribution in [3.8, 4) is 12.8 Å². The average molecular weight is 302 g/mol. The number of hydrogen-bond acceptors (Lipinski definition) is 6. The van der Waals surface area contributed by atoms with Gasteiger partial charge < -0.3 is 20.1 Å². The number of rotatable bonds is 2. The first-order valence-corrected chi connectivity index (χ1v) is 6.63. The van der Waals surface area contributed by atoms with Crippen molar-refractivity contribution < 1.29 is 29.6 Å². The molecule has 0 aromatic carbocycles. The fraction of sp³-hybridized carbons (Fsp3) is 0.733. The van der Waals surface area contributed by atoms with Crippen LogP contribution in [0.25, 0.3) is 0 Å². The average Bonchev–Trinajstić information content (AvgIpc) is 2.27. The first kappa shape index (κ1) is 21.9. The van der Waals surface area contributed by atoms with E-state index in [4.69, 9.17) is 14.9 Å². The van der Waals surface area contributed by atoms with Crippen LogP contribution in [0, 0.1) is 18.8 Å². The minimum Gasteiger partial charge on any atom is -0.434 e. The maximum atomic E-state index is 11.4. The maximum absolute atomic E-state index is 11.4. The lowest BCUT2D eigenvalue weighted by atomic mass is 9.88. The van der Waals surface area contributed by atoms with Gasteiger partial charge in [0.2, 0.25) is 5.79 Å². The third-order valence-corrected chi connectivity index (χ3v) is 2.17. The van der Waals surface area contributed by atoms with Crippen molar-refractivity contribution in [1.82, 2.24) is 0 Å². The van der Waals surface area contributed by atoms with Gasteiger partial charge in [0.05, 0.1) is 5.92 Å². The molecule has 21 heavy (non-hydrogen) atoms. The molecule has 1 aliphatic rings. The highest BCUT2D eigenvalue weighted by Gasteiger charge is 2.30. The second kappa shape index (κ2) is 9.50. The lowest BCUT2D eigenvalue weighted by molar-refractivity contribution is -0.200. The summed E-state index contributed by atoms with van der Waals surface area (Å²) in [7, 11) is 0. The molecule has 1 aliphatic carbocycles. The minimum absolute atomic E-state index is 0.106. The molecule has 0 aromatic rings. The summed E-state index contributed by atoms with van der Waals surface area (Å²) in [6.45, 7) is 5.39. The molecule has 1 fully saturated rings. The molecular formula is C15H26O6. The Labute approximate surface area is 126 Å². The third kappa shape index (κ3) is 16.5. The molecule has 3 N–H and O–H groups in total. The van der Waals surface area contributed by atoms with Crippen LogP contribution in [0.5, 0.6) is 0 Å². The smallest absolute Gasteiger partial charge is 0.311 e. The molecule has 0 spiro atoms. The standard InChI is InChI=1S/C10H16O4.C3H8O2.C2H2/c1-10(2,13)14-9(12)7-4-3-5-8(11)6-7;1-3(2,4)5;1-2/h7,13H,3-6H2,1-2H3;4-5H,1-2H3;1-2H. The summed E-state index contributed by atoms with van der Waals surface area (Å²) in [5.41, 5.74) is 0. The Morgan fingerprint density at radius 3 is 1.95 bits per heavy atom. The van der Waals surface area contributed by atoms with Crippen LogP contribution < -0.4 is 0 Å². The second-order valence-corrected chi connectivity index (χ2v) is 5.69. The Kier molecular flexibility index (Phi) is 9.90. The molecule has 1 atom stereocenters.